The lowest BCUT2D eigenvalue weighted by atomic mass is 10.2. The molecule has 178 valence electrons. The molecule has 0 aliphatic heterocycles. The molecule has 34 heavy (non-hydrogen) atoms. The molecule has 3 rings (SSSR count). The Morgan fingerprint density at radius 3 is 2.32 bits per heavy atom. The number of esters is 1. The van der Waals surface area contributed by atoms with Crippen molar-refractivity contribution < 1.29 is 23.5 Å². The number of aromatic nitrogens is 1. The number of hydrogen-bond acceptors (Lipinski definition) is 7. The molecule has 0 spiro atoms. The second-order valence-electron chi connectivity index (χ2n) is 7.24. The Kier molecular flexibility index (Phi) is 9.60. The zero-order chi connectivity index (χ0) is 24.3. The van der Waals surface area contributed by atoms with Gasteiger partial charge in [-0.2, -0.15) is 0 Å². The lowest BCUT2D eigenvalue weighted by Gasteiger charge is -2.06. The van der Waals surface area contributed by atoms with Crippen molar-refractivity contribution in [1.29, 1.82) is 0 Å². The standard InChI is InChI=1S/C24H24FN3O4S2/c1-2-3-12-32-23(31)16-4-8-18(9-5-16)26-21(29)13-20-14-33-24(28-20)34-15-22(30)27-19-10-6-17(25)7-11-19/h4-11,14H,2-3,12-13,15H2,1H3,(H,26,29)(H,27,30). The number of anilines is 2. The van der Waals surface area contributed by atoms with Crippen LogP contribution in [0.4, 0.5) is 15.8 Å². The van der Waals surface area contributed by atoms with Gasteiger partial charge < -0.3 is 15.4 Å². The minimum atomic E-state index is -0.384. The SMILES string of the molecule is CCCCOC(=O)c1ccc(NC(=O)Cc2csc(SCC(=O)Nc3ccc(F)cc3)n2)cc1. The first-order valence-corrected chi connectivity index (χ1v) is 12.5. The third kappa shape index (κ3) is 8.27. The maximum absolute atomic E-state index is 12.9. The fourth-order valence-electron chi connectivity index (χ4n) is 2.75. The number of rotatable bonds is 11. The Bertz CT molecular complexity index is 1120. The second-order valence-corrected chi connectivity index (χ2v) is 9.32. The number of thiazole rings is 1. The van der Waals surface area contributed by atoms with Gasteiger partial charge in [0.25, 0.3) is 0 Å². The Hall–Kier alpha value is -3.24. The van der Waals surface area contributed by atoms with Crippen molar-refractivity contribution in [2.75, 3.05) is 23.0 Å². The summed E-state index contributed by atoms with van der Waals surface area (Å²) in [4.78, 5) is 40.7. The van der Waals surface area contributed by atoms with Gasteiger partial charge in [0.1, 0.15) is 5.82 Å². The van der Waals surface area contributed by atoms with Crippen molar-refractivity contribution >= 4 is 52.3 Å². The summed E-state index contributed by atoms with van der Waals surface area (Å²) in [7, 11) is 0. The van der Waals surface area contributed by atoms with E-state index in [9.17, 15) is 18.8 Å². The predicted molar refractivity (Wildman–Crippen MR) is 132 cm³/mol. The minimum absolute atomic E-state index is 0.0830. The summed E-state index contributed by atoms with van der Waals surface area (Å²) < 4.78 is 18.8. The molecular weight excluding hydrogens is 477 g/mol. The monoisotopic (exact) mass is 501 g/mol. The van der Waals surface area contributed by atoms with Crippen LogP contribution in [0.1, 0.15) is 35.8 Å². The van der Waals surface area contributed by atoms with Crippen LogP contribution in [-0.2, 0) is 20.7 Å². The van der Waals surface area contributed by atoms with Gasteiger partial charge in [0.2, 0.25) is 11.8 Å². The van der Waals surface area contributed by atoms with E-state index in [1.807, 2.05) is 6.92 Å². The molecular formula is C24H24FN3O4S2. The molecule has 0 aliphatic rings. The number of hydrogen-bond donors (Lipinski definition) is 2. The zero-order valence-electron chi connectivity index (χ0n) is 18.5. The molecule has 0 radical (unpaired) electrons. The Morgan fingerprint density at radius 2 is 1.65 bits per heavy atom. The van der Waals surface area contributed by atoms with E-state index in [1.165, 1.54) is 47.4 Å². The molecule has 0 bridgehead atoms. The second kappa shape index (κ2) is 12.9. The van der Waals surface area contributed by atoms with Crippen molar-refractivity contribution in [1.82, 2.24) is 4.98 Å². The first kappa shape index (κ1) is 25.4. The summed E-state index contributed by atoms with van der Waals surface area (Å²) >= 11 is 2.61. The van der Waals surface area contributed by atoms with Crippen LogP contribution in [0.15, 0.2) is 58.3 Å². The maximum Gasteiger partial charge on any atom is 0.338 e. The fraction of sp³-hybridized carbons (Fsp3) is 0.250. The molecule has 2 amide bonds. The summed E-state index contributed by atoms with van der Waals surface area (Å²) in [5.74, 6) is -1.08. The van der Waals surface area contributed by atoms with Gasteiger partial charge in [0.15, 0.2) is 4.34 Å². The van der Waals surface area contributed by atoms with Crippen LogP contribution in [0.2, 0.25) is 0 Å². The number of nitrogens with zero attached hydrogens (tertiary/aromatic N) is 1. The number of carbonyl (C=O) groups is 3. The predicted octanol–water partition coefficient (Wildman–Crippen LogP) is 5.15. The highest BCUT2D eigenvalue weighted by molar-refractivity contribution is 8.01. The Balaban J connectivity index is 1.42. The van der Waals surface area contributed by atoms with E-state index in [2.05, 4.69) is 15.6 Å². The average Bonchev–Trinajstić information content (AvgIpc) is 3.27. The van der Waals surface area contributed by atoms with E-state index >= 15 is 0 Å². The minimum Gasteiger partial charge on any atom is -0.462 e. The molecule has 0 aliphatic carbocycles. The van der Waals surface area contributed by atoms with Gasteiger partial charge in [-0.05, 0) is 55.0 Å². The van der Waals surface area contributed by atoms with Crippen LogP contribution in [0.3, 0.4) is 0 Å². The van der Waals surface area contributed by atoms with E-state index in [0.29, 0.717) is 33.6 Å². The third-order valence-electron chi connectivity index (χ3n) is 4.46. The summed E-state index contributed by atoms with van der Waals surface area (Å²) in [5, 5.41) is 7.24. The molecule has 0 unspecified atom stereocenters. The van der Waals surface area contributed by atoms with Crippen LogP contribution in [-0.4, -0.2) is 35.1 Å². The first-order valence-electron chi connectivity index (χ1n) is 10.6. The van der Waals surface area contributed by atoms with Crippen molar-refractivity contribution in [3.63, 3.8) is 0 Å². The molecule has 0 saturated heterocycles. The van der Waals surface area contributed by atoms with E-state index in [4.69, 9.17) is 4.74 Å². The van der Waals surface area contributed by atoms with Gasteiger partial charge >= 0.3 is 5.97 Å². The number of nitrogens with one attached hydrogen (secondary N) is 2. The third-order valence-corrected chi connectivity index (χ3v) is 6.53. The normalized spacial score (nSPS) is 10.5. The van der Waals surface area contributed by atoms with Crippen molar-refractivity contribution in [3.8, 4) is 0 Å². The van der Waals surface area contributed by atoms with Gasteiger partial charge in [0.05, 0.1) is 30.0 Å². The highest BCUT2D eigenvalue weighted by Gasteiger charge is 2.12. The summed E-state index contributed by atoms with van der Waals surface area (Å²) in [6.45, 7) is 2.41. The number of halogens is 1. The summed E-state index contributed by atoms with van der Waals surface area (Å²) in [6, 6.07) is 12.1. The molecule has 7 nitrogen and oxygen atoms in total. The van der Waals surface area contributed by atoms with Crippen LogP contribution in [0.5, 0.6) is 0 Å². The van der Waals surface area contributed by atoms with Crippen LogP contribution in [0, 0.1) is 5.82 Å². The van der Waals surface area contributed by atoms with Gasteiger partial charge in [0, 0.05) is 16.8 Å². The highest BCUT2D eigenvalue weighted by Crippen LogP contribution is 2.23. The molecule has 10 heteroatoms. The molecule has 1 heterocycles. The number of unbranched alkanes of at least 4 members (excludes halogenated alkanes) is 1. The number of carbonyl (C=O) groups excluding carboxylic acids is 3. The molecule has 0 saturated carbocycles. The zero-order valence-corrected chi connectivity index (χ0v) is 20.1. The summed E-state index contributed by atoms with van der Waals surface area (Å²) in [6.07, 6.45) is 1.85. The lowest BCUT2D eigenvalue weighted by Crippen LogP contribution is -2.15. The van der Waals surface area contributed by atoms with Crippen LogP contribution < -0.4 is 10.6 Å². The van der Waals surface area contributed by atoms with Crippen LogP contribution >= 0.6 is 23.1 Å². The quantitative estimate of drug-likeness (QED) is 0.214. The van der Waals surface area contributed by atoms with E-state index < -0.39 is 0 Å². The fourth-order valence-corrected chi connectivity index (χ4v) is 4.39. The number of amides is 2. The van der Waals surface area contributed by atoms with E-state index in [1.54, 1.807) is 29.6 Å². The average molecular weight is 502 g/mol. The number of ether oxygens (including phenoxy) is 1. The van der Waals surface area contributed by atoms with Crippen molar-refractivity contribution in [2.45, 2.75) is 30.5 Å². The first-order chi connectivity index (χ1) is 16.4. The van der Waals surface area contributed by atoms with Gasteiger partial charge in [-0.3, -0.25) is 9.59 Å². The van der Waals surface area contributed by atoms with E-state index in [-0.39, 0.29) is 35.8 Å². The van der Waals surface area contributed by atoms with Gasteiger partial charge in [-0.1, -0.05) is 25.1 Å². The Morgan fingerprint density at radius 1 is 1.00 bits per heavy atom. The lowest BCUT2D eigenvalue weighted by molar-refractivity contribution is -0.116. The topological polar surface area (TPSA) is 97.4 Å². The van der Waals surface area contributed by atoms with Crippen LogP contribution in [0.25, 0.3) is 0 Å². The molecule has 2 N–H and O–H groups in total. The number of benzene rings is 2. The highest BCUT2D eigenvalue weighted by atomic mass is 32.2. The largest absolute Gasteiger partial charge is 0.462 e. The maximum atomic E-state index is 12.9. The molecule has 1 aromatic heterocycles. The van der Waals surface area contributed by atoms with Gasteiger partial charge in [-0.25, -0.2) is 14.2 Å². The smallest absolute Gasteiger partial charge is 0.338 e. The molecule has 0 fully saturated rings. The number of thioether (sulfide) groups is 1. The Labute approximate surface area is 205 Å². The molecule has 3 aromatic rings. The van der Waals surface area contributed by atoms with Crippen molar-refractivity contribution in [2.24, 2.45) is 0 Å². The van der Waals surface area contributed by atoms with Crippen molar-refractivity contribution in [3.05, 3.63) is 71.0 Å². The van der Waals surface area contributed by atoms with E-state index in [0.717, 1.165) is 12.8 Å². The van der Waals surface area contributed by atoms with Gasteiger partial charge in [-0.15, -0.1) is 11.3 Å². The molecule has 2 aromatic carbocycles. The summed E-state index contributed by atoms with van der Waals surface area (Å²) in [5.41, 5.74) is 2.11. The molecule has 0 atom stereocenters.